The maximum absolute atomic E-state index is 13.1. The Morgan fingerprint density at radius 1 is 1.15 bits per heavy atom. The zero-order valence-corrected chi connectivity index (χ0v) is 18.5. The Labute approximate surface area is 194 Å². The molecule has 0 bridgehead atoms. The van der Waals surface area contributed by atoms with Crippen LogP contribution in [0, 0.1) is 6.92 Å². The highest BCUT2D eigenvalue weighted by molar-refractivity contribution is 6.25. The van der Waals surface area contributed by atoms with Gasteiger partial charge in [0.15, 0.2) is 0 Å². The van der Waals surface area contributed by atoms with Crippen molar-refractivity contribution in [2.75, 3.05) is 23.7 Å². The molecule has 0 saturated carbocycles. The molecule has 4 rings (SSSR count). The zero-order valence-electron chi connectivity index (χ0n) is 18.5. The summed E-state index contributed by atoms with van der Waals surface area (Å²) in [5.41, 5.74) is 2.03. The number of nitrogens with zero attached hydrogens (tertiary/aromatic N) is 2. The van der Waals surface area contributed by atoms with Gasteiger partial charge in [-0.3, -0.25) is 29.4 Å². The third-order valence-electron chi connectivity index (χ3n) is 5.67. The quantitative estimate of drug-likeness (QED) is 0.334. The highest BCUT2D eigenvalue weighted by Gasteiger charge is 2.45. The van der Waals surface area contributed by atoms with E-state index in [1.54, 1.807) is 25.1 Å². The van der Waals surface area contributed by atoms with Gasteiger partial charge in [-0.2, -0.15) is 0 Å². The first kappa shape index (κ1) is 23.0. The van der Waals surface area contributed by atoms with Gasteiger partial charge in [0.1, 0.15) is 23.7 Å². The molecule has 2 aromatic rings. The Kier molecular flexibility index (Phi) is 6.57. The average molecular weight is 468 g/mol. The van der Waals surface area contributed by atoms with Gasteiger partial charge in [0.2, 0.25) is 11.8 Å². The molecule has 1 aromatic heterocycles. The van der Waals surface area contributed by atoms with Crippen LogP contribution in [0.1, 0.15) is 52.1 Å². The summed E-state index contributed by atoms with van der Waals surface area (Å²) in [7, 11) is 0. The van der Waals surface area contributed by atoms with Gasteiger partial charge < -0.3 is 20.5 Å². The van der Waals surface area contributed by atoms with Gasteiger partial charge in [-0.1, -0.05) is 11.2 Å². The molecule has 12 nitrogen and oxygen atoms in total. The summed E-state index contributed by atoms with van der Waals surface area (Å²) in [6.07, 6.45) is 2.89. The van der Waals surface area contributed by atoms with Gasteiger partial charge in [0, 0.05) is 25.2 Å². The fourth-order valence-corrected chi connectivity index (χ4v) is 3.92. The van der Waals surface area contributed by atoms with Crippen molar-refractivity contribution in [1.29, 1.82) is 0 Å². The van der Waals surface area contributed by atoms with Crippen LogP contribution in [-0.4, -0.2) is 58.8 Å². The number of carbonyl (C=O) groups is 5. The first-order chi connectivity index (χ1) is 16.4. The fourth-order valence-electron chi connectivity index (χ4n) is 3.92. The molecule has 34 heavy (non-hydrogen) atoms. The highest BCUT2D eigenvalue weighted by atomic mass is 16.5. The number of nitrogens with one attached hydrogen (secondary N) is 4. The summed E-state index contributed by atoms with van der Waals surface area (Å²) in [5.74, 6) is -2.16. The summed E-state index contributed by atoms with van der Waals surface area (Å²) in [4.78, 5) is 62.4. The fraction of sp³-hybridized carbons (Fsp3) is 0.364. The van der Waals surface area contributed by atoms with Gasteiger partial charge in [-0.05, 0) is 38.3 Å². The molecule has 12 heteroatoms. The molecule has 178 valence electrons. The van der Waals surface area contributed by atoms with Crippen molar-refractivity contribution in [3.8, 4) is 0 Å². The lowest BCUT2D eigenvalue weighted by Crippen LogP contribution is -2.54. The molecule has 2 aliphatic rings. The van der Waals surface area contributed by atoms with Crippen LogP contribution in [0.5, 0.6) is 0 Å². The molecule has 1 fully saturated rings. The zero-order chi connectivity index (χ0) is 24.2. The molecule has 2 aliphatic heterocycles. The number of amides is 6. The number of hydrogen-bond donors (Lipinski definition) is 4. The van der Waals surface area contributed by atoms with Gasteiger partial charge in [0.25, 0.3) is 11.8 Å². The number of carbonyl (C=O) groups excluding carboxylic acids is 5. The van der Waals surface area contributed by atoms with E-state index in [0.29, 0.717) is 43.0 Å². The van der Waals surface area contributed by atoms with Crippen molar-refractivity contribution in [3.63, 3.8) is 0 Å². The van der Waals surface area contributed by atoms with Crippen molar-refractivity contribution in [2.24, 2.45) is 0 Å². The summed E-state index contributed by atoms with van der Waals surface area (Å²) < 4.78 is 4.76. The molecule has 1 unspecified atom stereocenters. The number of urea groups is 1. The molecule has 1 atom stereocenters. The second-order valence-corrected chi connectivity index (χ2v) is 8.00. The second kappa shape index (κ2) is 9.73. The number of unbranched alkanes of at least 4 members (excludes halogenated alkanes) is 1. The molecule has 4 N–H and O–H groups in total. The van der Waals surface area contributed by atoms with E-state index in [1.807, 2.05) is 0 Å². The van der Waals surface area contributed by atoms with Crippen LogP contribution >= 0.6 is 0 Å². The van der Waals surface area contributed by atoms with Gasteiger partial charge in [-0.15, -0.1) is 0 Å². The van der Waals surface area contributed by atoms with Crippen molar-refractivity contribution < 1.29 is 28.5 Å². The van der Waals surface area contributed by atoms with E-state index in [1.165, 1.54) is 6.26 Å². The molecule has 3 heterocycles. The van der Waals surface area contributed by atoms with Gasteiger partial charge in [-0.25, -0.2) is 4.79 Å². The van der Waals surface area contributed by atoms with Crippen molar-refractivity contribution in [2.45, 2.75) is 38.6 Å². The maximum atomic E-state index is 13.1. The van der Waals surface area contributed by atoms with E-state index >= 15 is 0 Å². The summed E-state index contributed by atoms with van der Waals surface area (Å²) in [6.45, 7) is 2.66. The van der Waals surface area contributed by atoms with Crippen LogP contribution in [0.2, 0.25) is 0 Å². The minimum atomic E-state index is -1.00. The Bertz CT molecular complexity index is 1160. The maximum Gasteiger partial charge on any atom is 0.319 e. The molecule has 1 aromatic carbocycles. The molecule has 6 amide bonds. The third-order valence-corrected chi connectivity index (χ3v) is 5.67. The molecule has 1 saturated heterocycles. The number of benzene rings is 1. The van der Waals surface area contributed by atoms with Crippen molar-refractivity contribution in [1.82, 2.24) is 20.7 Å². The van der Waals surface area contributed by atoms with Gasteiger partial charge >= 0.3 is 6.03 Å². The number of piperidine rings is 1. The molecule has 0 spiro atoms. The topological polar surface area (TPSA) is 163 Å². The second-order valence-electron chi connectivity index (χ2n) is 8.00. The minimum Gasteiger partial charge on any atom is -0.384 e. The van der Waals surface area contributed by atoms with E-state index in [0.717, 1.165) is 4.90 Å². The molecular formula is C22H24N6O6. The van der Waals surface area contributed by atoms with E-state index in [4.69, 9.17) is 4.52 Å². The van der Waals surface area contributed by atoms with Crippen molar-refractivity contribution in [3.05, 3.63) is 41.3 Å². The van der Waals surface area contributed by atoms with E-state index in [2.05, 4.69) is 26.4 Å². The number of imide groups is 2. The minimum absolute atomic E-state index is 0.0690. The summed E-state index contributed by atoms with van der Waals surface area (Å²) in [5, 5.41) is 14.4. The smallest absolute Gasteiger partial charge is 0.319 e. The molecular weight excluding hydrogens is 444 g/mol. The molecule has 0 radical (unpaired) electrons. The van der Waals surface area contributed by atoms with Crippen molar-refractivity contribution >= 4 is 41.0 Å². The largest absolute Gasteiger partial charge is 0.384 e. The lowest BCUT2D eigenvalue weighted by Gasteiger charge is -2.27. The van der Waals surface area contributed by atoms with Gasteiger partial charge in [0.05, 0.1) is 11.1 Å². The Hall–Kier alpha value is -4.22. The Morgan fingerprint density at radius 2 is 1.94 bits per heavy atom. The van der Waals surface area contributed by atoms with E-state index in [9.17, 15) is 24.0 Å². The van der Waals surface area contributed by atoms with Crippen LogP contribution in [0.4, 0.5) is 16.2 Å². The molecule has 0 aliphatic carbocycles. The number of anilines is 2. The highest BCUT2D eigenvalue weighted by Crippen LogP contribution is 2.32. The number of aryl methyl sites for hydroxylation is 1. The Morgan fingerprint density at radius 3 is 2.68 bits per heavy atom. The van der Waals surface area contributed by atoms with Crippen LogP contribution < -0.4 is 21.3 Å². The lowest BCUT2D eigenvalue weighted by atomic mass is 10.0. The monoisotopic (exact) mass is 468 g/mol. The summed E-state index contributed by atoms with van der Waals surface area (Å²) in [6, 6.07) is 3.55. The number of rotatable bonds is 8. The SMILES string of the molecule is Cc1nocc1NC(=O)NCCCCNc1cccc2c1C(=O)N(C1CCC(=O)NC1=O)C2=O. The van der Waals surface area contributed by atoms with E-state index < -0.39 is 29.7 Å². The third kappa shape index (κ3) is 4.60. The number of hydrogen-bond acceptors (Lipinski definition) is 8. The Balaban J connectivity index is 1.28. The summed E-state index contributed by atoms with van der Waals surface area (Å²) >= 11 is 0. The standard InChI is InChI=1S/C22H24N6O6/c1-12-15(11-34-27-12)25-22(33)24-10-3-2-9-23-14-6-4-5-13-18(14)21(32)28(20(13)31)16-7-8-17(29)26-19(16)30/h4-6,11,16,23H,2-3,7-10H2,1H3,(H2,24,25,33)(H,26,29,30). The predicted molar refractivity (Wildman–Crippen MR) is 119 cm³/mol. The lowest BCUT2D eigenvalue weighted by molar-refractivity contribution is -0.136. The average Bonchev–Trinajstić information content (AvgIpc) is 3.31. The van der Waals surface area contributed by atoms with Crippen LogP contribution in [0.3, 0.4) is 0 Å². The van der Waals surface area contributed by atoms with Crippen LogP contribution in [-0.2, 0) is 9.59 Å². The number of fused-ring (bicyclic) bond motifs is 1. The first-order valence-electron chi connectivity index (χ1n) is 10.9. The van der Waals surface area contributed by atoms with Crippen LogP contribution in [0.25, 0.3) is 0 Å². The van der Waals surface area contributed by atoms with E-state index in [-0.39, 0.29) is 30.0 Å². The first-order valence-corrected chi connectivity index (χ1v) is 10.9. The predicted octanol–water partition coefficient (Wildman–Crippen LogP) is 1.40. The van der Waals surface area contributed by atoms with Crippen LogP contribution in [0.15, 0.2) is 29.0 Å². The normalized spacial score (nSPS) is 17.4. The number of aromatic nitrogens is 1.